The molecule has 0 aliphatic carbocycles. The maximum atomic E-state index is 11.0. The SMILES string of the molecule is CCC[C@H]1N=C(C(=O)OC)CS1. The second-order valence-electron chi connectivity index (χ2n) is 2.62. The highest BCUT2D eigenvalue weighted by Gasteiger charge is 2.22. The van der Waals surface area contributed by atoms with Crippen LogP contribution in [0.1, 0.15) is 19.8 Å². The van der Waals surface area contributed by atoms with E-state index in [4.69, 9.17) is 0 Å². The fourth-order valence-electron chi connectivity index (χ4n) is 1.05. The standard InChI is InChI=1S/C8H13NO2S/c1-3-4-7-9-6(5-12-7)8(10)11-2/h7H,3-5H2,1-2H3/t7-/m0/s1. The molecule has 0 N–H and O–H groups in total. The second kappa shape index (κ2) is 4.50. The van der Waals surface area contributed by atoms with Gasteiger partial charge >= 0.3 is 5.97 Å². The average Bonchev–Trinajstić information content (AvgIpc) is 2.52. The summed E-state index contributed by atoms with van der Waals surface area (Å²) in [5.41, 5.74) is 0.584. The molecule has 0 fully saturated rings. The zero-order chi connectivity index (χ0) is 8.97. The summed E-state index contributed by atoms with van der Waals surface area (Å²) in [5.74, 6) is 0.429. The van der Waals surface area contributed by atoms with Crippen LogP contribution in [0.4, 0.5) is 0 Å². The largest absolute Gasteiger partial charge is 0.465 e. The van der Waals surface area contributed by atoms with E-state index >= 15 is 0 Å². The van der Waals surface area contributed by atoms with Gasteiger partial charge in [-0.2, -0.15) is 0 Å². The Morgan fingerprint density at radius 2 is 2.58 bits per heavy atom. The Morgan fingerprint density at radius 1 is 1.83 bits per heavy atom. The highest BCUT2D eigenvalue weighted by atomic mass is 32.2. The van der Waals surface area contributed by atoms with E-state index in [1.807, 2.05) is 0 Å². The van der Waals surface area contributed by atoms with Crippen LogP contribution >= 0.6 is 11.8 Å². The Bertz CT molecular complexity index is 203. The van der Waals surface area contributed by atoms with E-state index in [-0.39, 0.29) is 11.3 Å². The van der Waals surface area contributed by atoms with E-state index in [0.29, 0.717) is 11.5 Å². The number of hydrogen-bond acceptors (Lipinski definition) is 4. The molecule has 0 radical (unpaired) electrons. The lowest BCUT2D eigenvalue weighted by Gasteiger charge is -2.00. The lowest BCUT2D eigenvalue weighted by molar-refractivity contribution is -0.132. The van der Waals surface area contributed by atoms with Crippen molar-refractivity contribution < 1.29 is 9.53 Å². The number of thioether (sulfide) groups is 1. The molecule has 0 spiro atoms. The van der Waals surface area contributed by atoms with Crippen LogP contribution in [0.25, 0.3) is 0 Å². The topological polar surface area (TPSA) is 38.7 Å². The number of nitrogens with zero attached hydrogens (tertiary/aromatic N) is 1. The third-order valence-electron chi connectivity index (χ3n) is 1.67. The molecule has 0 saturated carbocycles. The molecule has 1 aliphatic heterocycles. The zero-order valence-corrected chi connectivity index (χ0v) is 8.19. The normalized spacial score (nSPS) is 22.2. The predicted octanol–water partition coefficient (Wildman–Crippen LogP) is 1.47. The van der Waals surface area contributed by atoms with Gasteiger partial charge in [-0.3, -0.25) is 4.99 Å². The maximum absolute atomic E-state index is 11.0. The number of carbonyl (C=O) groups excluding carboxylic acids is 1. The summed E-state index contributed by atoms with van der Waals surface area (Å²) >= 11 is 1.71. The van der Waals surface area contributed by atoms with Gasteiger partial charge < -0.3 is 4.74 Å². The summed E-state index contributed by atoms with van der Waals surface area (Å²) in [5, 5.41) is 0.282. The molecular formula is C8H13NO2S. The Hall–Kier alpha value is -0.510. The van der Waals surface area contributed by atoms with Gasteiger partial charge in [-0.15, -0.1) is 11.8 Å². The van der Waals surface area contributed by atoms with Crippen molar-refractivity contribution in [2.45, 2.75) is 25.1 Å². The molecule has 68 valence electrons. The Labute approximate surface area is 76.6 Å². The lowest BCUT2D eigenvalue weighted by Crippen LogP contribution is -2.15. The zero-order valence-electron chi connectivity index (χ0n) is 7.37. The van der Waals surface area contributed by atoms with Gasteiger partial charge in [-0.25, -0.2) is 4.79 Å². The first kappa shape index (κ1) is 9.58. The van der Waals surface area contributed by atoms with Crippen molar-refractivity contribution in [3.63, 3.8) is 0 Å². The lowest BCUT2D eigenvalue weighted by atomic mass is 10.3. The van der Waals surface area contributed by atoms with Crippen molar-refractivity contribution in [3.8, 4) is 0 Å². The van der Waals surface area contributed by atoms with Gasteiger partial charge in [0.25, 0.3) is 0 Å². The van der Waals surface area contributed by atoms with Crippen molar-refractivity contribution in [2.75, 3.05) is 12.9 Å². The summed E-state index contributed by atoms with van der Waals surface area (Å²) in [7, 11) is 1.39. The minimum Gasteiger partial charge on any atom is -0.465 e. The Balaban J connectivity index is 2.47. The van der Waals surface area contributed by atoms with Crippen molar-refractivity contribution in [1.82, 2.24) is 0 Å². The van der Waals surface area contributed by atoms with Gasteiger partial charge in [0.2, 0.25) is 0 Å². The number of methoxy groups -OCH3 is 1. The van der Waals surface area contributed by atoms with Crippen molar-refractivity contribution in [2.24, 2.45) is 4.99 Å². The number of hydrogen-bond donors (Lipinski definition) is 0. The van der Waals surface area contributed by atoms with E-state index in [2.05, 4.69) is 16.7 Å². The summed E-state index contributed by atoms with van der Waals surface area (Å²) in [4.78, 5) is 15.3. The van der Waals surface area contributed by atoms with E-state index < -0.39 is 0 Å². The van der Waals surface area contributed by atoms with Gasteiger partial charge in [0.05, 0.1) is 12.5 Å². The molecule has 0 amide bonds. The number of carbonyl (C=O) groups is 1. The number of ether oxygens (including phenoxy) is 1. The third-order valence-corrected chi connectivity index (χ3v) is 2.83. The number of rotatable bonds is 3. The monoisotopic (exact) mass is 187 g/mol. The molecule has 0 unspecified atom stereocenters. The minimum atomic E-state index is -0.277. The molecule has 0 aromatic heterocycles. The van der Waals surface area contributed by atoms with Gasteiger partial charge in [0.15, 0.2) is 0 Å². The van der Waals surface area contributed by atoms with E-state index in [9.17, 15) is 4.79 Å². The van der Waals surface area contributed by atoms with Crippen LogP contribution in [0.5, 0.6) is 0 Å². The second-order valence-corrected chi connectivity index (χ2v) is 3.79. The first-order valence-corrected chi connectivity index (χ1v) is 5.09. The molecular weight excluding hydrogens is 174 g/mol. The first-order valence-electron chi connectivity index (χ1n) is 4.04. The van der Waals surface area contributed by atoms with Crippen molar-refractivity contribution >= 4 is 23.4 Å². The van der Waals surface area contributed by atoms with Crippen LogP contribution in [0.2, 0.25) is 0 Å². The summed E-state index contributed by atoms with van der Waals surface area (Å²) < 4.78 is 4.58. The van der Waals surface area contributed by atoms with Gasteiger partial charge in [0.1, 0.15) is 5.71 Å². The van der Waals surface area contributed by atoms with E-state index in [0.717, 1.165) is 12.8 Å². The average molecular weight is 187 g/mol. The van der Waals surface area contributed by atoms with Gasteiger partial charge in [0, 0.05) is 5.75 Å². The van der Waals surface area contributed by atoms with Crippen LogP contribution in [-0.2, 0) is 9.53 Å². The fraction of sp³-hybridized carbons (Fsp3) is 0.750. The smallest absolute Gasteiger partial charge is 0.352 e. The summed E-state index contributed by atoms with van der Waals surface area (Å²) in [6.45, 7) is 2.12. The van der Waals surface area contributed by atoms with Crippen LogP contribution in [0.15, 0.2) is 4.99 Å². The molecule has 1 heterocycles. The molecule has 0 aromatic rings. The summed E-state index contributed by atoms with van der Waals surface area (Å²) in [6.07, 6.45) is 2.15. The summed E-state index contributed by atoms with van der Waals surface area (Å²) in [6, 6.07) is 0. The molecule has 1 aliphatic rings. The minimum absolute atomic E-state index is 0.277. The van der Waals surface area contributed by atoms with Gasteiger partial charge in [-0.05, 0) is 6.42 Å². The van der Waals surface area contributed by atoms with E-state index in [1.165, 1.54) is 7.11 Å². The number of aliphatic imine (C=N–C) groups is 1. The maximum Gasteiger partial charge on any atom is 0.352 e. The molecule has 12 heavy (non-hydrogen) atoms. The van der Waals surface area contributed by atoms with Gasteiger partial charge in [-0.1, -0.05) is 13.3 Å². The molecule has 4 heteroatoms. The van der Waals surface area contributed by atoms with E-state index in [1.54, 1.807) is 11.8 Å². The highest BCUT2D eigenvalue weighted by Crippen LogP contribution is 2.24. The van der Waals surface area contributed by atoms with Crippen molar-refractivity contribution in [3.05, 3.63) is 0 Å². The van der Waals surface area contributed by atoms with Crippen LogP contribution in [-0.4, -0.2) is 29.9 Å². The molecule has 0 aromatic carbocycles. The van der Waals surface area contributed by atoms with Crippen molar-refractivity contribution in [1.29, 1.82) is 0 Å². The Kier molecular flexibility index (Phi) is 3.59. The molecule has 1 rings (SSSR count). The third kappa shape index (κ3) is 2.24. The molecule has 0 bridgehead atoms. The molecule has 1 atom stereocenters. The first-order chi connectivity index (χ1) is 5.77. The number of esters is 1. The Morgan fingerprint density at radius 3 is 3.17 bits per heavy atom. The highest BCUT2D eigenvalue weighted by molar-refractivity contribution is 8.01. The van der Waals surface area contributed by atoms with Crippen LogP contribution in [0.3, 0.4) is 0 Å². The van der Waals surface area contributed by atoms with Crippen LogP contribution < -0.4 is 0 Å². The quantitative estimate of drug-likeness (QED) is 0.628. The predicted molar refractivity (Wildman–Crippen MR) is 50.6 cm³/mol. The van der Waals surface area contributed by atoms with Crippen LogP contribution in [0, 0.1) is 0 Å². The molecule has 0 saturated heterocycles. The fourth-order valence-corrected chi connectivity index (χ4v) is 2.19. The molecule has 3 nitrogen and oxygen atoms in total.